The summed E-state index contributed by atoms with van der Waals surface area (Å²) in [6.07, 6.45) is -4.76. The average molecular weight is 295 g/mol. The Morgan fingerprint density at radius 3 is 2.44 bits per heavy atom. The maximum Gasteiger partial charge on any atom is 0.389 e. The van der Waals surface area contributed by atoms with E-state index in [1.807, 2.05) is 32.0 Å². The van der Waals surface area contributed by atoms with E-state index < -0.39 is 12.6 Å². The molecule has 16 heavy (non-hydrogen) atoms. The summed E-state index contributed by atoms with van der Waals surface area (Å²) >= 11 is 3.32. The molecule has 0 fully saturated rings. The maximum absolute atomic E-state index is 12.1. The lowest BCUT2D eigenvalue weighted by atomic mass is 10.0. The molecule has 1 aromatic carbocycles. The van der Waals surface area contributed by atoms with Crippen molar-refractivity contribution in [3.63, 3.8) is 0 Å². The number of benzene rings is 1. The smallest absolute Gasteiger partial charge is 0.171 e. The highest BCUT2D eigenvalue weighted by molar-refractivity contribution is 9.09. The van der Waals surface area contributed by atoms with Gasteiger partial charge in [0.2, 0.25) is 0 Å². The Labute approximate surface area is 102 Å². The SMILES string of the molecule is Cc1ccc(C)c(C(Br)CCC(F)(F)F)c1. The third-order valence-corrected chi connectivity index (χ3v) is 3.40. The van der Waals surface area contributed by atoms with Crippen LogP contribution in [0.4, 0.5) is 13.2 Å². The van der Waals surface area contributed by atoms with Gasteiger partial charge in [0.25, 0.3) is 0 Å². The lowest BCUT2D eigenvalue weighted by Gasteiger charge is -2.15. The van der Waals surface area contributed by atoms with Crippen molar-refractivity contribution in [2.45, 2.75) is 37.7 Å². The molecule has 0 aliphatic heterocycles. The Morgan fingerprint density at radius 2 is 1.88 bits per heavy atom. The molecule has 90 valence electrons. The second kappa shape index (κ2) is 5.21. The van der Waals surface area contributed by atoms with E-state index >= 15 is 0 Å². The number of aryl methyl sites for hydroxylation is 2. The minimum atomic E-state index is -4.08. The first-order valence-corrected chi connectivity index (χ1v) is 5.99. The fourth-order valence-electron chi connectivity index (χ4n) is 1.54. The van der Waals surface area contributed by atoms with Gasteiger partial charge in [0.05, 0.1) is 0 Å². The molecule has 0 bridgehead atoms. The van der Waals surface area contributed by atoms with Crippen LogP contribution in [0.5, 0.6) is 0 Å². The number of halogens is 4. The van der Waals surface area contributed by atoms with Gasteiger partial charge in [0.1, 0.15) is 0 Å². The van der Waals surface area contributed by atoms with Gasteiger partial charge in [0.15, 0.2) is 0 Å². The Kier molecular flexibility index (Phi) is 4.42. The molecular weight excluding hydrogens is 281 g/mol. The lowest BCUT2D eigenvalue weighted by Crippen LogP contribution is -2.08. The summed E-state index contributed by atoms with van der Waals surface area (Å²) in [6.45, 7) is 3.85. The van der Waals surface area contributed by atoms with Crippen LogP contribution in [0.1, 0.15) is 34.4 Å². The van der Waals surface area contributed by atoms with Crippen LogP contribution in [0.25, 0.3) is 0 Å². The lowest BCUT2D eigenvalue weighted by molar-refractivity contribution is -0.135. The van der Waals surface area contributed by atoms with E-state index in [0.29, 0.717) is 0 Å². The highest BCUT2D eigenvalue weighted by atomic mass is 79.9. The summed E-state index contributed by atoms with van der Waals surface area (Å²) < 4.78 is 36.3. The minimum Gasteiger partial charge on any atom is -0.171 e. The van der Waals surface area contributed by atoms with Crippen molar-refractivity contribution in [3.8, 4) is 0 Å². The van der Waals surface area contributed by atoms with Crippen LogP contribution in [-0.2, 0) is 0 Å². The molecule has 0 aliphatic carbocycles. The highest BCUT2D eigenvalue weighted by Crippen LogP contribution is 2.34. The molecule has 4 heteroatoms. The zero-order valence-corrected chi connectivity index (χ0v) is 10.8. The first kappa shape index (κ1) is 13.6. The van der Waals surface area contributed by atoms with Crippen molar-refractivity contribution in [2.75, 3.05) is 0 Å². The molecule has 0 saturated heterocycles. The molecule has 0 N–H and O–H groups in total. The molecule has 0 aliphatic rings. The summed E-state index contributed by atoms with van der Waals surface area (Å²) in [6, 6.07) is 5.83. The first-order valence-electron chi connectivity index (χ1n) is 5.07. The summed E-state index contributed by atoms with van der Waals surface area (Å²) in [5.74, 6) is 0. The molecule has 0 amide bonds. The molecule has 1 unspecified atom stereocenters. The maximum atomic E-state index is 12.1. The number of hydrogen-bond acceptors (Lipinski definition) is 0. The van der Waals surface area contributed by atoms with Crippen molar-refractivity contribution < 1.29 is 13.2 Å². The summed E-state index contributed by atoms with van der Waals surface area (Å²) in [7, 11) is 0. The Morgan fingerprint density at radius 1 is 1.25 bits per heavy atom. The van der Waals surface area contributed by atoms with Crippen LogP contribution in [0, 0.1) is 13.8 Å². The standard InChI is InChI=1S/C12H14BrF3/c1-8-3-4-9(2)10(7-8)11(13)5-6-12(14,15)16/h3-4,7,11H,5-6H2,1-2H3. The third kappa shape index (κ3) is 4.16. The van der Waals surface area contributed by atoms with Gasteiger partial charge in [-0.25, -0.2) is 0 Å². The van der Waals surface area contributed by atoms with Gasteiger partial charge < -0.3 is 0 Å². The fraction of sp³-hybridized carbons (Fsp3) is 0.500. The second-order valence-electron chi connectivity index (χ2n) is 3.98. The first-order chi connectivity index (χ1) is 7.29. The van der Waals surface area contributed by atoms with Gasteiger partial charge in [-0.2, -0.15) is 13.2 Å². The van der Waals surface area contributed by atoms with Gasteiger partial charge in [-0.3, -0.25) is 0 Å². The van der Waals surface area contributed by atoms with Gasteiger partial charge in [0, 0.05) is 11.2 Å². The van der Waals surface area contributed by atoms with Crippen LogP contribution in [-0.4, -0.2) is 6.18 Å². The molecule has 0 saturated carbocycles. The van der Waals surface area contributed by atoms with Crippen LogP contribution in [0.15, 0.2) is 18.2 Å². The van der Waals surface area contributed by atoms with Crippen molar-refractivity contribution in [3.05, 3.63) is 34.9 Å². The van der Waals surface area contributed by atoms with E-state index in [1.54, 1.807) is 0 Å². The predicted molar refractivity (Wildman–Crippen MR) is 62.9 cm³/mol. The quantitative estimate of drug-likeness (QED) is 0.682. The Hall–Kier alpha value is -0.510. The van der Waals surface area contributed by atoms with Crippen molar-refractivity contribution >= 4 is 15.9 Å². The monoisotopic (exact) mass is 294 g/mol. The summed E-state index contributed by atoms with van der Waals surface area (Å²) in [4.78, 5) is -0.228. The van der Waals surface area contributed by atoms with Gasteiger partial charge in [-0.05, 0) is 31.4 Å². The molecule has 0 spiro atoms. The molecule has 1 atom stereocenters. The van der Waals surface area contributed by atoms with E-state index in [4.69, 9.17) is 0 Å². The van der Waals surface area contributed by atoms with E-state index in [2.05, 4.69) is 15.9 Å². The molecular formula is C12H14BrF3. The second-order valence-corrected chi connectivity index (χ2v) is 5.09. The van der Waals surface area contributed by atoms with Crippen LogP contribution < -0.4 is 0 Å². The molecule has 0 heterocycles. The highest BCUT2D eigenvalue weighted by Gasteiger charge is 2.28. The molecule has 0 nitrogen and oxygen atoms in total. The zero-order chi connectivity index (χ0) is 12.3. The molecule has 0 radical (unpaired) electrons. The van der Waals surface area contributed by atoms with Crippen LogP contribution in [0.2, 0.25) is 0 Å². The van der Waals surface area contributed by atoms with Gasteiger partial charge in [-0.1, -0.05) is 39.7 Å². The summed E-state index contributed by atoms with van der Waals surface area (Å²) in [5.41, 5.74) is 3.04. The topological polar surface area (TPSA) is 0 Å². The fourth-order valence-corrected chi connectivity index (χ4v) is 2.27. The Bertz CT molecular complexity index is 358. The predicted octanol–water partition coefficient (Wildman–Crippen LogP) is 5.08. The van der Waals surface area contributed by atoms with E-state index in [-0.39, 0.29) is 11.2 Å². The minimum absolute atomic E-state index is 0.0772. The van der Waals surface area contributed by atoms with Crippen LogP contribution >= 0.6 is 15.9 Å². The number of hydrogen-bond donors (Lipinski definition) is 0. The van der Waals surface area contributed by atoms with Crippen molar-refractivity contribution in [1.29, 1.82) is 0 Å². The van der Waals surface area contributed by atoms with Gasteiger partial charge >= 0.3 is 6.18 Å². The third-order valence-electron chi connectivity index (χ3n) is 2.45. The molecule has 1 rings (SSSR count). The molecule has 1 aromatic rings. The van der Waals surface area contributed by atoms with Gasteiger partial charge in [-0.15, -0.1) is 0 Å². The normalized spacial score (nSPS) is 13.9. The number of alkyl halides is 4. The van der Waals surface area contributed by atoms with Crippen LogP contribution in [0.3, 0.4) is 0 Å². The van der Waals surface area contributed by atoms with E-state index in [9.17, 15) is 13.2 Å². The average Bonchev–Trinajstić information content (AvgIpc) is 2.17. The Balaban J connectivity index is 2.73. The van der Waals surface area contributed by atoms with Crippen molar-refractivity contribution in [1.82, 2.24) is 0 Å². The zero-order valence-electron chi connectivity index (χ0n) is 9.24. The largest absolute Gasteiger partial charge is 0.389 e. The van der Waals surface area contributed by atoms with E-state index in [1.165, 1.54) is 0 Å². The van der Waals surface area contributed by atoms with E-state index in [0.717, 1.165) is 16.7 Å². The molecule has 0 aromatic heterocycles. The summed E-state index contributed by atoms with van der Waals surface area (Å²) in [5, 5.41) is 0. The number of rotatable bonds is 3. The van der Waals surface area contributed by atoms with Crippen molar-refractivity contribution in [2.24, 2.45) is 0 Å².